The highest BCUT2D eigenvalue weighted by molar-refractivity contribution is 7.80. The van der Waals surface area contributed by atoms with E-state index in [9.17, 15) is 9.59 Å². The number of hydrogen-bond donors (Lipinski definition) is 3. The Bertz CT molecular complexity index is 703. The van der Waals surface area contributed by atoms with Crippen molar-refractivity contribution in [3.63, 3.8) is 0 Å². The average molecular weight is 332 g/mol. The summed E-state index contributed by atoms with van der Waals surface area (Å²) in [7, 11) is 1.55. The van der Waals surface area contributed by atoms with Crippen LogP contribution >= 0.6 is 12.6 Å². The van der Waals surface area contributed by atoms with Gasteiger partial charge in [0.15, 0.2) is 5.78 Å². The van der Waals surface area contributed by atoms with E-state index in [1.54, 1.807) is 43.5 Å². The molecule has 0 spiro atoms. The lowest BCUT2D eigenvalue weighted by Crippen LogP contribution is -2.32. The summed E-state index contributed by atoms with van der Waals surface area (Å²) < 4.78 is 5.06. The molecule has 0 bridgehead atoms. The SMILES string of the molecule is COc1ccc(C(=O)c2cccnc2NC(CS)C(=O)O)cc1. The topological polar surface area (TPSA) is 88.5 Å². The molecule has 1 aromatic carbocycles. The van der Waals surface area contributed by atoms with Crippen molar-refractivity contribution < 1.29 is 19.4 Å². The maximum absolute atomic E-state index is 12.6. The Labute approximate surface area is 138 Å². The second-order valence-electron chi connectivity index (χ2n) is 4.67. The number of carboxylic acids is 1. The molecule has 1 aromatic heterocycles. The van der Waals surface area contributed by atoms with Gasteiger partial charge in [0.05, 0.1) is 12.7 Å². The number of carboxylic acid groups (broad SMARTS) is 1. The molecule has 7 heteroatoms. The smallest absolute Gasteiger partial charge is 0.327 e. The third-order valence-electron chi connectivity index (χ3n) is 3.20. The van der Waals surface area contributed by atoms with E-state index < -0.39 is 12.0 Å². The van der Waals surface area contributed by atoms with Gasteiger partial charge in [-0.15, -0.1) is 0 Å². The molecule has 120 valence electrons. The third-order valence-corrected chi connectivity index (χ3v) is 3.56. The standard InChI is InChI=1S/C16H16N2O4S/c1-22-11-6-4-10(5-7-11)14(19)12-3-2-8-17-15(12)18-13(9-23)16(20)21/h2-8,13,23H,9H2,1H3,(H,17,18)(H,20,21). The predicted octanol–water partition coefficient (Wildman–Crippen LogP) is 2.12. The molecular formula is C16H16N2O4S. The fraction of sp³-hybridized carbons (Fsp3) is 0.188. The van der Waals surface area contributed by atoms with Crippen LogP contribution in [0.4, 0.5) is 5.82 Å². The minimum Gasteiger partial charge on any atom is -0.497 e. The van der Waals surface area contributed by atoms with Crippen LogP contribution in [0.15, 0.2) is 42.6 Å². The third kappa shape index (κ3) is 4.01. The zero-order valence-corrected chi connectivity index (χ0v) is 13.3. The number of rotatable bonds is 7. The van der Waals surface area contributed by atoms with Gasteiger partial charge < -0.3 is 15.2 Å². The zero-order chi connectivity index (χ0) is 16.8. The molecule has 1 heterocycles. The summed E-state index contributed by atoms with van der Waals surface area (Å²) >= 11 is 3.99. The second-order valence-corrected chi connectivity index (χ2v) is 5.04. The van der Waals surface area contributed by atoms with Crippen molar-refractivity contribution >= 4 is 30.2 Å². The Morgan fingerprint density at radius 2 is 2.00 bits per heavy atom. The Morgan fingerprint density at radius 3 is 2.57 bits per heavy atom. The first-order chi connectivity index (χ1) is 11.1. The van der Waals surface area contributed by atoms with Gasteiger partial charge >= 0.3 is 5.97 Å². The Balaban J connectivity index is 2.31. The number of nitrogens with one attached hydrogen (secondary N) is 1. The summed E-state index contributed by atoms with van der Waals surface area (Å²) in [5.74, 6) is -0.385. The molecule has 0 aliphatic heterocycles. The second kappa shape index (κ2) is 7.64. The largest absolute Gasteiger partial charge is 0.497 e. The van der Waals surface area contributed by atoms with Gasteiger partial charge in [0, 0.05) is 17.5 Å². The van der Waals surface area contributed by atoms with Gasteiger partial charge in [-0.2, -0.15) is 12.6 Å². The molecule has 2 aromatic rings. The van der Waals surface area contributed by atoms with Crippen LogP contribution in [-0.4, -0.2) is 40.7 Å². The number of hydrogen-bond acceptors (Lipinski definition) is 6. The highest BCUT2D eigenvalue weighted by atomic mass is 32.1. The van der Waals surface area contributed by atoms with Crippen molar-refractivity contribution in [2.45, 2.75) is 6.04 Å². The maximum atomic E-state index is 12.6. The van der Waals surface area contributed by atoms with E-state index in [4.69, 9.17) is 9.84 Å². The maximum Gasteiger partial charge on any atom is 0.327 e. The molecule has 0 aliphatic rings. The van der Waals surface area contributed by atoms with E-state index in [1.165, 1.54) is 6.20 Å². The number of methoxy groups -OCH3 is 1. The Kier molecular flexibility index (Phi) is 5.59. The number of benzene rings is 1. The molecule has 1 atom stereocenters. The van der Waals surface area contributed by atoms with Crippen molar-refractivity contribution in [3.05, 3.63) is 53.7 Å². The summed E-state index contributed by atoms with van der Waals surface area (Å²) in [6, 6.07) is 8.94. The average Bonchev–Trinajstić information content (AvgIpc) is 2.59. The summed E-state index contributed by atoms with van der Waals surface area (Å²) in [6.45, 7) is 0. The van der Waals surface area contributed by atoms with Crippen LogP contribution in [0.25, 0.3) is 0 Å². The van der Waals surface area contributed by atoms with E-state index in [0.29, 0.717) is 16.9 Å². The molecule has 23 heavy (non-hydrogen) atoms. The van der Waals surface area contributed by atoms with Crippen LogP contribution in [0.3, 0.4) is 0 Å². The van der Waals surface area contributed by atoms with E-state index in [2.05, 4.69) is 22.9 Å². The van der Waals surface area contributed by atoms with Crippen LogP contribution in [0.2, 0.25) is 0 Å². The van der Waals surface area contributed by atoms with Crippen molar-refractivity contribution in [1.82, 2.24) is 4.98 Å². The summed E-state index contributed by atoms with van der Waals surface area (Å²) in [6.07, 6.45) is 1.49. The highest BCUT2D eigenvalue weighted by Crippen LogP contribution is 2.20. The van der Waals surface area contributed by atoms with Crippen molar-refractivity contribution in [2.75, 3.05) is 18.2 Å². The highest BCUT2D eigenvalue weighted by Gasteiger charge is 2.20. The molecule has 0 saturated heterocycles. The summed E-state index contributed by atoms with van der Waals surface area (Å²) in [4.78, 5) is 27.8. The first-order valence-electron chi connectivity index (χ1n) is 6.80. The Hall–Kier alpha value is -2.54. The minimum absolute atomic E-state index is 0.0715. The van der Waals surface area contributed by atoms with Crippen LogP contribution in [-0.2, 0) is 4.79 Å². The lowest BCUT2D eigenvalue weighted by molar-refractivity contribution is -0.137. The van der Waals surface area contributed by atoms with E-state index in [-0.39, 0.29) is 17.4 Å². The number of carbonyl (C=O) groups is 2. The van der Waals surface area contributed by atoms with Gasteiger partial charge in [-0.25, -0.2) is 9.78 Å². The molecule has 1 unspecified atom stereocenters. The van der Waals surface area contributed by atoms with E-state index in [1.807, 2.05) is 0 Å². The first kappa shape index (κ1) is 16.8. The number of carbonyl (C=O) groups excluding carboxylic acids is 1. The normalized spacial score (nSPS) is 11.6. The number of aliphatic carboxylic acids is 1. The quantitative estimate of drug-likeness (QED) is 0.532. The van der Waals surface area contributed by atoms with Gasteiger partial charge in [-0.3, -0.25) is 4.79 Å². The minimum atomic E-state index is -1.06. The fourth-order valence-corrected chi connectivity index (χ4v) is 2.20. The number of pyridine rings is 1. The number of ketones is 1. The lowest BCUT2D eigenvalue weighted by atomic mass is 10.0. The molecule has 0 saturated carbocycles. The molecule has 2 rings (SSSR count). The molecule has 0 radical (unpaired) electrons. The van der Waals surface area contributed by atoms with Crippen LogP contribution in [0.1, 0.15) is 15.9 Å². The molecule has 2 N–H and O–H groups in total. The van der Waals surface area contributed by atoms with Gasteiger partial charge in [0.25, 0.3) is 0 Å². The molecule has 6 nitrogen and oxygen atoms in total. The van der Waals surface area contributed by atoms with E-state index >= 15 is 0 Å². The van der Waals surface area contributed by atoms with Gasteiger partial charge in [0.1, 0.15) is 17.6 Å². The number of thiol groups is 1. The van der Waals surface area contributed by atoms with Crippen molar-refractivity contribution in [1.29, 1.82) is 0 Å². The zero-order valence-electron chi connectivity index (χ0n) is 12.4. The van der Waals surface area contributed by atoms with Crippen molar-refractivity contribution in [3.8, 4) is 5.75 Å². The van der Waals surface area contributed by atoms with Crippen molar-refractivity contribution in [2.24, 2.45) is 0 Å². The number of aromatic nitrogens is 1. The summed E-state index contributed by atoms with van der Waals surface area (Å²) in [5, 5.41) is 11.8. The van der Waals surface area contributed by atoms with Gasteiger partial charge in [-0.1, -0.05) is 0 Å². The van der Waals surface area contributed by atoms with E-state index in [0.717, 1.165) is 0 Å². The molecule has 0 amide bonds. The Morgan fingerprint density at radius 1 is 1.30 bits per heavy atom. The molecule has 0 fully saturated rings. The van der Waals surface area contributed by atoms with Crippen LogP contribution in [0.5, 0.6) is 5.75 Å². The molecule has 0 aliphatic carbocycles. The fourth-order valence-electron chi connectivity index (χ4n) is 1.95. The number of ether oxygens (including phenoxy) is 1. The number of nitrogens with zero attached hydrogens (tertiary/aromatic N) is 1. The number of anilines is 1. The van der Waals surface area contributed by atoms with Crippen LogP contribution < -0.4 is 10.1 Å². The lowest BCUT2D eigenvalue weighted by Gasteiger charge is -2.15. The van der Waals surface area contributed by atoms with Gasteiger partial charge in [-0.05, 0) is 36.4 Å². The predicted molar refractivity (Wildman–Crippen MR) is 89.6 cm³/mol. The first-order valence-corrected chi connectivity index (χ1v) is 7.44. The summed E-state index contributed by atoms with van der Waals surface area (Å²) in [5.41, 5.74) is 0.755. The molecular weight excluding hydrogens is 316 g/mol. The van der Waals surface area contributed by atoms with Crippen LogP contribution in [0, 0.1) is 0 Å². The van der Waals surface area contributed by atoms with Gasteiger partial charge in [0.2, 0.25) is 0 Å². The monoisotopic (exact) mass is 332 g/mol.